The predicted molar refractivity (Wildman–Crippen MR) is 97.5 cm³/mol. The Morgan fingerprint density at radius 2 is 1.76 bits per heavy atom. The van der Waals surface area contributed by atoms with Crippen LogP contribution in [0.2, 0.25) is 0 Å². The molecule has 2 aliphatic rings. The maximum Gasteiger partial charge on any atom is 0.123 e. The number of rotatable bonds is 3. The summed E-state index contributed by atoms with van der Waals surface area (Å²) in [6.07, 6.45) is 3.77. The van der Waals surface area contributed by atoms with Gasteiger partial charge < -0.3 is 5.11 Å². The summed E-state index contributed by atoms with van der Waals surface area (Å²) in [5.41, 5.74) is 1.47. The SMILES string of the molecule is OC1(c2ccc(F)cc2)CC[C@H]2CN(Cc3ccccc3)CC[C@@H]2C1. The van der Waals surface area contributed by atoms with Crippen LogP contribution in [0.5, 0.6) is 0 Å². The molecule has 0 spiro atoms. The van der Waals surface area contributed by atoms with Gasteiger partial charge >= 0.3 is 0 Å². The first-order valence-electron chi connectivity index (χ1n) is 9.37. The smallest absolute Gasteiger partial charge is 0.123 e. The maximum atomic E-state index is 13.2. The van der Waals surface area contributed by atoms with Crippen molar-refractivity contribution < 1.29 is 9.50 Å². The highest BCUT2D eigenvalue weighted by Crippen LogP contribution is 2.46. The number of nitrogens with zero attached hydrogens (tertiary/aromatic N) is 1. The Labute approximate surface area is 149 Å². The Hall–Kier alpha value is -1.71. The average molecular weight is 339 g/mol. The van der Waals surface area contributed by atoms with Crippen LogP contribution in [0, 0.1) is 17.7 Å². The molecule has 2 aromatic carbocycles. The van der Waals surface area contributed by atoms with Crippen molar-refractivity contribution in [3.63, 3.8) is 0 Å². The Morgan fingerprint density at radius 3 is 2.52 bits per heavy atom. The molecule has 1 heterocycles. The van der Waals surface area contributed by atoms with E-state index in [9.17, 15) is 9.50 Å². The van der Waals surface area contributed by atoms with Gasteiger partial charge in [0.25, 0.3) is 0 Å². The minimum atomic E-state index is -0.781. The minimum absolute atomic E-state index is 0.241. The van der Waals surface area contributed by atoms with Crippen LogP contribution < -0.4 is 0 Å². The quantitative estimate of drug-likeness (QED) is 0.899. The number of piperidine rings is 1. The largest absolute Gasteiger partial charge is 0.385 e. The molecule has 0 radical (unpaired) electrons. The molecule has 0 aromatic heterocycles. The molecule has 1 aliphatic carbocycles. The van der Waals surface area contributed by atoms with Crippen LogP contribution in [-0.2, 0) is 12.1 Å². The first kappa shape index (κ1) is 16.7. The summed E-state index contributed by atoms with van der Waals surface area (Å²) < 4.78 is 13.2. The molecular weight excluding hydrogens is 313 g/mol. The lowest BCUT2D eigenvalue weighted by Crippen LogP contribution is -2.46. The molecule has 1 saturated carbocycles. The van der Waals surface area contributed by atoms with E-state index in [0.717, 1.165) is 50.9 Å². The van der Waals surface area contributed by atoms with Gasteiger partial charge in [-0.3, -0.25) is 4.90 Å². The number of aliphatic hydroxyl groups is 1. The van der Waals surface area contributed by atoms with Crippen molar-refractivity contribution in [1.29, 1.82) is 0 Å². The van der Waals surface area contributed by atoms with Crippen LogP contribution in [0.25, 0.3) is 0 Å². The van der Waals surface area contributed by atoms with E-state index < -0.39 is 5.60 Å². The summed E-state index contributed by atoms with van der Waals surface area (Å²) in [4.78, 5) is 2.55. The molecule has 3 atom stereocenters. The van der Waals surface area contributed by atoms with Crippen LogP contribution in [0.15, 0.2) is 54.6 Å². The average Bonchev–Trinajstić information content (AvgIpc) is 2.63. The molecule has 1 saturated heterocycles. The van der Waals surface area contributed by atoms with Crippen LogP contribution in [-0.4, -0.2) is 23.1 Å². The first-order chi connectivity index (χ1) is 12.1. The van der Waals surface area contributed by atoms with Gasteiger partial charge in [-0.1, -0.05) is 42.5 Å². The molecule has 0 bridgehead atoms. The Bertz CT molecular complexity index is 702. The Balaban J connectivity index is 1.40. The van der Waals surface area contributed by atoms with Crippen LogP contribution in [0.4, 0.5) is 4.39 Å². The van der Waals surface area contributed by atoms with Gasteiger partial charge in [0.1, 0.15) is 5.82 Å². The summed E-state index contributed by atoms with van der Waals surface area (Å²) in [6.45, 7) is 3.24. The van der Waals surface area contributed by atoms with Gasteiger partial charge in [-0.15, -0.1) is 0 Å². The molecule has 25 heavy (non-hydrogen) atoms. The van der Waals surface area contributed by atoms with Gasteiger partial charge in [0.15, 0.2) is 0 Å². The van der Waals surface area contributed by atoms with Crippen molar-refractivity contribution in [3.05, 3.63) is 71.5 Å². The van der Waals surface area contributed by atoms with E-state index in [1.807, 2.05) is 0 Å². The number of halogens is 1. The zero-order valence-electron chi connectivity index (χ0n) is 14.6. The second-order valence-electron chi connectivity index (χ2n) is 7.81. The van der Waals surface area contributed by atoms with E-state index >= 15 is 0 Å². The maximum absolute atomic E-state index is 13.2. The van der Waals surface area contributed by atoms with E-state index in [-0.39, 0.29) is 5.82 Å². The van der Waals surface area contributed by atoms with Crippen LogP contribution in [0.3, 0.4) is 0 Å². The highest BCUT2D eigenvalue weighted by molar-refractivity contribution is 5.24. The number of benzene rings is 2. The van der Waals surface area contributed by atoms with E-state index in [0.29, 0.717) is 11.8 Å². The van der Waals surface area contributed by atoms with Crippen molar-refractivity contribution in [2.24, 2.45) is 11.8 Å². The molecule has 2 fully saturated rings. The fraction of sp³-hybridized carbons (Fsp3) is 0.455. The number of hydrogen-bond donors (Lipinski definition) is 1. The van der Waals surface area contributed by atoms with Crippen LogP contribution >= 0.6 is 0 Å². The summed E-state index contributed by atoms with van der Waals surface area (Å²) in [7, 11) is 0. The second kappa shape index (κ2) is 6.89. The fourth-order valence-electron chi connectivity index (χ4n) is 4.72. The third kappa shape index (κ3) is 3.63. The standard InChI is InChI=1S/C22H26FNO/c23-21-8-6-20(7-9-21)22(25)12-10-19-16-24(13-11-18(19)14-22)15-17-4-2-1-3-5-17/h1-9,18-19,25H,10-16H2/t18-,19+,22?/m1/s1. The molecule has 4 rings (SSSR count). The topological polar surface area (TPSA) is 23.5 Å². The highest BCUT2D eigenvalue weighted by Gasteiger charge is 2.42. The predicted octanol–water partition coefficient (Wildman–Crippen LogP) is 4.34. The summed E-state index contributed by atoms with van der Waals surface area (Å²) in [5.74, 6) is 0.990. The van der Waals surface area contributed by atoms with Crippen molar-refractivity contribution in [2.75, 3.05) is 13.1 Å². The summed E-state index contributed by atoms with van der Waals surface area (Å²) in [5, 5.41) is 11.1. The van der Waals surface area contributed by atoms with E-state index in [1.54, 1.807) is 12.1 Å². The monoisotopic (exact) mass is 339 g/mol. The third-order valence-corrected chi connectivity index (χ3v) is 6.13. The van der Waals surface area contributed by atoms with E-state index in [2.05, 4.69) is 35.2 Å². The number of likely N-dealkylation sites (tertiary alicyclic amines) is 1. The van der Waals surface area contributed by atoms with Gasteiger partial charge in [0.2, 0.25) is 0 Å². The zero-order valence-corrected chi connectivity index (χ0v) is 14.6. The molecule has 1 unspecified atom stereocenters. The van der Waals surface area contributed by atoms with E-state index in [1.165, 1.54) is 17.7 Å². The van der Waals surface area contributed by atoms with Crippen molar-refractivity contribution in [3.8, 4) is 0 Å². The van der Waals surface area contributed by atoms with Crippen molar-refractivity contribution >= 4 is 0 Å². The lowest BCUT2D eigenvalue weighted by Gasteiger charge is -2.47. The highest BCUT2D eigenvalue weighted by atomic mass is 19.1. The fourth-order valence-corrected chi connectivity index (χ4v) is 4.72. The van der Waals surface area contributed by atoms with Gasteiger partial charge in [-0.05, 0) is 67.3 Å². The summed E-state index contributed by atoms with van der Waals surface area (Å²) in [6, 6.07) is 17.1. The molecule has 3 heteroatoms. The molecule has 1 N–H and O–H groups in total. The van der Waals surface area contributed by atoms with Gasteiger partial charge in [-0.2, -0.15) is 0 Å². The molecule has 132 valence electrons. The van der Waals surface area contributed by atoms with Crippen molar-refractivity contribution in [1.82, 2.24) is 4.90 Å². The molecule has 2 nitrogen and oxygen atoms in total. The molecule has 1 aliphatic heterocycles. The zero-order chi connectivity index (χ0) is 17.3. The van der Waals surface area contributed by atoms with E-state index in [4.69, 9.17) is 0 Å². The second-order valence-corrected chi connectivity index (χ2v) is 7.81. The van der Waals surface area contributed by atoms with Gasteiger partial charge in [0, 0.05) is 13.1 Å². The third-order valence-electron chi connectivity index (χ3n) is 6.13. The minimum Gasteiger partial charge on any atom is -0.385 e. The van der Waals surface area contributed by atoms with Crippen LogP contribution in [0.1, 0.15) is 36.8 Å². The molecule has 2 aromatic rings. The van der Waals surface area contributed by atoms with Gasteiger partial charge in [0.05, 0.1) is 5.60 Å². The molecule has 0 amide bonds. The first-order valence-corrected chi connectivity index (χ1v) is 9.37. The normalized spacial score (nSPS) is 30.0. The lowest BCUT2D eigenvalue weighted by atomic mass is 9.66. The summed E-state index contributed by atoms with van der Waals surface area (Å²) >= 11 is 0. The van der Waals surface area contributed by atoms with Gasteiger partial charge in [-0.25, -0.2) is 4.39 Å². The lowest BCUT2D eigenvalue weighted by molar-refractivity contribution is -0.0616. The molecular formula is C22H26FNO. The Kier molecular flexibility index (Phi) is 4.61. The Morgan fingerprint density at radius 1 is 1.00 bits per heavy atom. The van der Waals surface area contributed by atoms with Crippen molar-refractivity contribution in [2.45, 2.75) is 37.8 Å². The number of hydrogen-bond acceptors (Lipinski definition) is 2. The number of fused-ring (bicyclic) bond motifs is 1.